The van der Waals surface area contributed by atoms with Crippen LogP contribution in [0.2, 0.25) is 0 Å². The Morgan fingerprint density at radius 2 is 2.00 bits per heavy atom. The lowest BCUT2D eigenvalue weighted by Crippen LogP contribution is -1.79. The molecule has 0 saturated carbocycles. The van der Waals surface area contributed by atoms with Crippen molar-refractivity contribution in [3.8, 4) is 0 Å². The molecule has 0 heterocycles. The number of halogens is 2. The minimum absolute atomic E-state index is 0.0486. The first-order valence-corrected chi connectivity index (χ1v) is 2.89. The Hall–Kier alpha value is -0.650. The van der Waals surface area contributed by atoms with Crippen molar-refractivity contribution in [3.05, 3.63) is 11.7 Å². The normalized spacial score (nSPS) is 12.2. The second-order valence-electron chi connectivity index (χ2n) is 0.837. The SMILES string of the molecule is O=S(=O)(F)C=COF. The average molecular weight is 144 g/mol. The van der Waals surface area contributed by atoms with E-state index in [0.29, 0.717) is 0 Å². The largest absolute Gasteiger partial charge is 0.328 e. The van der Waals surface area contributed by atoms with Crippen LogP contribution in [0.4, 0.5) is 8.41 Å². The van der Waals surface area contributed by atoms with E-state index < -0.39 is 10.2 Å². The van der Waals surface area contributed by atoms with Gasteiger partial charge in [-0.2, -0.15) is 8.42 Å². The summed E-state index contributed by atoms with van der Waals surface area (Å²) in [5.41, 5.74) is 0. The van der Waals surface area contributed by atoms with E-state index in [1.54, 1.807) is 0 Å². The number of rotatable bonds is 2. The summed E-state index contributed by atoms with van der Waals surface area (Å²) in [7, 11) is -4.73. The maximum Gasteiger partial charge on any atom is 0.328 e. The molecule has 0 aliphatic rings. The summed E-state index contributed by atoms with van der Waals surface area (Å²) in [6.07, 6.45) is 0.0787. The molecule has 0 radical (unpaired) electrons. The zero-order chi connectivity index (χ0) is 6.62. The highest BCUT2D eigenvalue weighted by Gasteiger charge is 1.97. The molecule has 0 saturated heterocycles. The second kappa shape index (κ2) is 2.61. The molecule has 0 bridgehead atoms. The van der Waals surface area contributed by atoms with Crippen molar-refractivity contribution in [1.82, 2.24) is 0 Å². The molecule has 6 heteroatoms. The van der Waals surface area contributed by atoms with Crippen LogP contribution >= 0.6 is 0 Å². The Bertz CT molecular complexity index is 170. The van der Waals surface area contributed by atoms with Gasteiger partial charge in [0.25, 0.3) is 0 Å². The average Bonchev–Trinajstić information content (AvgIpc) is 1.59. The maximum absolute atomic E-state index is 11.2. The third-order valence-electron chi connectivity index (χ3n) is 0.270. The lowest BCUT2D eigenvalue weighted by atomic mass is 11.2. The molecular weight excluding hydrogens is 142 g/mol. The lowest BCUT2D eigenvalue weighted by Gasteiger charge is -1.75. The Balaban J connectivity index is 3.92. The number of hydrogen-bond donors (Lipinski definition) is 0. The summed E-state index contributed by atoms with van der Waals surface area (Å²) in [6, 6.07) is 0. The van der Waals surface area contributed by atoms with Crippen LogP contribution in [-0.2, 0) is 15.2 Å². The molecule has 0 rings (SSSR count). The van der Waals surface area contributed by atoms with Gasteiger partial charge in [0.1, 0.15) is 11.7 Å². The molecule has 0 aromatic carbocycles. The molecule has 0 aliphatic heterocycles. The Morgan fingerprint density at radius 3 is 2.12 bits per heavy atom. The Labute approximate surface area is 44.7 Å². The zero-order valence-corrected chi connectivity index (χ0v) is 4.36. The molecule has 0 aliphatic carbocycles. The molecule has 0 N–H and O–H groups in total. The Morgan fingerprint density at radius 1 is 1.50 bits per heavy atom. The fourth-order valence-electron chi connectivity index (χ4n) is 0.0874. The van der Waals surface area contributed by atoms with Gasteiger partial charge in [0.05, 0.1) is 0 Å². The lowest BCUT2D eigenvalue weighted by molar-refractivity contribution is -0.0614. The minimum atomic E-state index is -4.73. The summed E-state index contributed by atoms with van der Waals surface area (Å²) >= 11 is 0. The molecule has 8 heavy (non-hydrogen) atoms. The van der Waals surface area contributed by atoms with Gasteiger partial charge in [0, 0.05) is 4.53 Å². The van der Waals surface area contributed by atoms with Gasteiger partial charge in [0.15, 0.2) is 0 Å². The Kier molecular flexibility index (Phi) is 2.40. The van der Waals surface area contributed by atoms with Crippen molar-refractivity contribution in [2.75, 3.05) is 0 Å². The highest BCUT2D eigenvalue weighted by atomic mass is 32.3. The van der Waals surface area contributed by atoms with Crippen molar-refractivity contribution < 1.29 is 21.8 Å². The summed E-state index contributed by atoms with van der Waals surface area (Å²) in [5.74, 6) is 0. The van der Waals surface area contributed by atoms with E-state index >= 15 is 0 Å². The first-order chi connectivity index (χ1) is 3.56. The van der Waals surface area contributed by atoms with Crippen LogP contribution in [0, 0.1) is 0 Å². The predicted octanol–water partition coefficient (Wildman–Crippen LogP) is 0.658. The topological polar surface area (TPSA) is 43.4 Å². The van der Waals surface area contributed by atoms with Crippen molar-refractivity contribution in [2.45, 2.75) is 0 Å². The van der Waals surface area contributed by atoms with Crippen LogP contribution in [0.1, 0.15) is 0 Å². The van der Waals surface area contributed by atoms with E-state index in [1.807, 2.05) is 0 Å². The van der Waals surface area contributed by atoms with Gasteiger partial charge in [-0.3, -0.25) is 0 Å². The molecule has 0 amide bonds. The third-order valence-corrected chi connectivity index (χ3v) is 0.706. The maximum atomic E-state index is 11.2. The fourth-order valence-corrected chi connectivity index (χ4v) is 0.262. The molecule has 0 aromatic rings. The fraction of sp³-hybridized carbons (Fsp3) is 0. The van der Waals surface area contributed by atoms with E-state index in [0.717, 1.165) is 0 Å². The smallest absolute Gasteiger partial charge is 0.302 e. The summed E-state index contributed by atoms with van der Waals surface area (Å²) in [6.45, 7) is 0. The molecule has 0 atom stereocenters. The van der Waals surface area contributed by atoms with Crippen LogP contribution in [0.5, 0.6) is 0 Å². The van der Waals surface area contributed by atoms with Crippen LogP contribution in [0.15, 0.2) is 11.7 Å². The minimum Gasteiger partial charge on any atom is -0.302 e. The van der Waals surface area contributed by atoms with Crippen molar-refractivity contribution >= 4 is 10.2 Å². The van der Waals surface area contributed by atoms with Gasteiger partial charge in [-0.25, -0.2) is 0 Å². The van der Waals surface area contributed by atoms with E-state index in [2.05, 4.69) is 4.94 Å². The molecular formula is C2H2F2O3S. The monoisotopic (exact) mass is 144 g/mol. The highest BCUT2D eigenvalue weighted by Crippen LogP contribution is 1.92. The van der Waals surface area contributed by atoms with E-state index in [9.17, 15) is 16.8 Å². The zero-order valence-electron chi connectivity index (χ0n) is 3.54. The van der Waals surface area contributed by atoms with Gasteiger partial charge in [-0.05, 0) is 0 Å². The van der Waals surface area contributed by atoms with Crippen LogP contribution in [0.25, 0.3) is 0 Å². The quantitative estimate of drug-likeness (QED) is 0.422. The van der Waals surface area contributed by atoms with E-state index in [1.165, 1.54) is 0 Å². The van der Waals surface area contributed by atoms with Gasteiger partial charge < -0.3 is 4.94 Å². The molecule has 48 valence electrons. The predicted molar refractivity (Wildman–Crippen MR) is 21.4 cm³/mol. The first kappa shape index (κ1) is 7.35. The van der Waals surface area contributed by atoms with Gasteiger partial charge in [-0.1, -0.05) is 0 Å². The van der Waals surface area contributed by atoms with Crippen molar-refractivity contribution in [1.29, 1.82) is 0 Å². The van der Waals surface area contributed by atoms with Crippen LogP contribution < -0.4 is 0 Å². The first-order valence-electron chi connectivity index (χ1n) is 1.45. The second-order valence-corrected chi connectivity index (χ2v) is 2.06. The summed E-state index contributed by atoms with van der Waals surface area (Å²) in [4.78, 5) is 2.62. The van der Waals surface area contributed by atoms with Crippen LogP contribution in [-0.4, -0.2) is 8.42 Å². The van der Waals surface area contributed by atoms with Crippen molar-refractivity contribution in [3.63, 3.8) is 0 Å². The summed E-state index contributed by atoms with van der Waals surface area (Å²) < 4.78 is 40.5. The molecule has 3 nitrogen and oxygen atoms in total. The molecule has 0 unspecified atom stereocenters. The number of hydrogen-bond acceptors (Lipinski definition) is 3. The molecule has 0 spiro atoms. The van der Waals surface area contributed by atoms with Gasteiger partial charge in [-0.15, -0.1) is 3.89 Å². The highest BCUT2D eigenvalue weighted by molar-refractivity contribution is 7.89. The third kappa shape index (κ3) is 5.35. The van der Waals surface area contributed by atoms with Gasteiger partial charge in [0.2, 0.25) is 0 Å². The van der Waals surface area contributed by atoms with Gasteiger partial charge >= 0.3 is 10.2 Å². The molecule has 0 aromatic heterocycles. The standard InChI is InChI=1S/C2H2F2O3S/c3-7-1-2-8(4,5)6/h1-2H. The van der Waals surface area contributed by atoms with Crippen molar-refractivity contribution in [2.24, 2.45) is 0 Å². The summed E-state index contributed by atoms with van der Waals surface area (Å²) in [5, 5.41) is -0.0486. The molecule has 0 fully saturated rings. The van der Waals surface area contributed by atoms with E-state index in [4.69, 9.17) is 0 Å². The van der Waals surface area contributed by atoms with E-state index in [-0.39, 0.29) is 11.7 Å². The van der Waals surface area contributed by atoms with Crippen LogP contribution in [0.3, 0.4) is 0 Å².